The zero-order valence-electron chi connectivity index (χ0n) is 27.2. The highest BCUT2D eigenvalue weighted by Gasteiger charge is 2.60. The number of aryl methyl sites for hydroxylation is 4. The minimum atomic E-state index is -1.68. The van der Waals surface area contributed by atoms with Crippen LogP contribution in [0.4, 0.5) is 0 Å². The monoisotopic (exact) mass is 628 g/mol. The molecule has 0 saturated heterocycles. The maximum Gasteiger partial charge on any atom is 0.0558 e. The maximum atomic E-state index is 2.82. The Bertz CT molecular complexity index is 1630. The van der Waals surface area contributed by atoms with Crippen LogP contribution in [0.1, 0.15) is 85.5 Å². The average molecular weight is 629 g/mol. The van der Waals surface area contributed by atoms with Crippen molar-refractivity contribution in [3.8, 4) is 0 Å². The molecule has 4 aliphatic rings. The van der Waals surface area contributed by atoms with Gasteiger partial charge in [-0.3, -0.25) is 0 Å². The second-order valence-electron chi connectivity index (χ2n) is 14.8. The van der Waals surface area contributed by atoms with Gasteiger partial charge in [-0.15, -0.1) is 34.4 Å². The summed E-state index contributed by atoms with van der Waals surface area (Å²) in [5.41, 5.74) is 12.8. The first-order valence-electron chi connectivity index (χ1n) is 16.2. The Hall–Kier alpha value is -1.33. The van der Waals surface area contributed by atoms with E-state index in [1.165, 1.54) is 43.5 Å². The maximum absolute atomic E-state index is 2.82. The van der Waals surface area contributed by atoms with Gasteiger partial charge < -0.3 is 0 Å². The molecule has 0 radical (unpaired) electrons. The molecule has 222 valence electrons. The lowest BCUT2D eigenvalue weighted by molar-refractivity contribution is 0.521. The lowest BCUT2D eigenvalue weighted by Gasteiger charge is -2.45. The van der Waals surface area contributed by atoms with Gasteiger partial charge in [0, 0.05) is 35.2 Å². The van der Waals surface area contributed by atoms with E-state index in [1.807, 2.05) is 22.7 Å². The molecule has 0 amide bonds. The molecule has 8 atom stereocenters. The molecule has 2 saturated carbocycles. The number of hydrogen-bond donors (Lipinski definition) is 0. The summed E-state index contributed by atoms with van der Waals surface area (Å²) in [5, 5.41) is 0.718. The van der Waals surface area contributed by atoms with E-state index in [1.54, 1.807) is 32.7 Å². The molecule has 3 aromatic rings. The van der Waals surface area contributed by atoms with E-state index < -0.39 is 8.07 Å². The summed E-state index contributed by atoms with van der Waals surface area (Å²) in [5.74, 6) is 3.70. The highest BCUT2D eigenvalue weighted by molar-refractivity contribution is 8.09. The van der Waals surface area contributed by atoms with Gasteiger partial charge in [0.15, 0.2) is 0 Å². The Labute approximate surface area is 268 Å². The number of thiophene rings is 2. The standard InChI is InChI=1S/C38H48S3Si/c1-19-17-30-28-14-12-11-13-27(28)15-16-29(30)37(19)42(9,10)38-20(2)18-31-34(32-21(3)23(5)39-25(32)7)36(41-35(31)38)33-22(4)24(6)40-26(33)8/h11-16,19-20,29-31,35,37-38H,17-18H2,1-10H3. The summed E-state index contributed by atoms with van der Waals surface area (Å²) in [6.45, 7) is 25.1. The van der Waals surface area contributed by atoms with Crippen LogP contribution in [0.2, 0.25) is 24.2 Å². The molecular formula is C38H48S3Si. The minimum absolute atomic E-state index is 0.678. The first-order valence-corrected chi connectivity index (χ1v) is 21.9. The number of rotatable bonds is 4. The van der Waals surface area contributed by atoms with Crippen molar-refractivity contribution in [1.29, 1.82) is 0 Å². The molecule has 0 N–H and O–H groups in total. The lowest BCUT2D eigenvalue weighted by Crippen LogP contribution is -2.46. The number of hydrogen-bond acceptors (Lipinski definition) is 3. The third-order valence-corrected chi connectivity index (χ3v) is 21.6. The van der Waals surface area contributed by atoms with Gasteiger partial charge in [0.1, 0.15) is 0 Å². The topological polar surface area (TPSA) is 0 Å². The van der Waals surface area contributed by atoms with Crippen molar-refractivity contribution in [3.05, 3.63) is 83.2 Å². The van der Waals surface area contributed by atoms with Crippen LogP contribution in [-0.4, -0.2) is 13.3 Å². The molecule has 1 aromatic carbocycles. The van der Waals surface area contributed by atoms with Crippen molar-refractivity contribution in [2.45, 2.75) is 104 Å². The largest absolute Gasteiger partial charge is 0.145 e. The number of benzene rings is 1. The molecule has 7 rings (SSSR count). The molecule has 2 aromatic heterocycles. The van der Waals surface area contributed by atoms with Gasteiger partial charge in [0.05, 0.1) is 8.07 Å². The molecular weight excluding hydrogens is 581 g/mol. The van der Waals surface area contributed by atoms with Crippen molar-refractivity contribution < 1.29 is 0 Å². The Morgan fingerprint density at radius 1 is 0.714 bits per heavy atom. The molecule has 8 unspecified atom stereocenters. The first kappa shape index (κ1) is 29.4. The van der Waals surface area contributed by atoms with Crippen LogP contribution in [0.5, 0.6) is 0 Å². The molecule has 2 fully saturated rings. The Balaban J connectivity index is 1.32. The van der Waals surface area contributed by atoms with E-state index in [2.05, 4.69) is 117 Å². The van der Waals surface area contributed by atoms with Gasteiger partial charge in [0.25, 0.3) is 0 Å². The summed E-state index contributed by atoms with van der Waals surface area (Å²) in [7, 11) is -1.68. The van der Waals surface area contributed by atoms with Gasteiger partial charge in [0.2, 0.25) is 0 Å². The predicted molar refractivity (Wildman–Crippen MR) is 193 cm³/mol. The van der Waals surface area contributed by atoms with Crippen LogP contribution in [0.15, 0.2) is 30.3 Å². The normalized spacial score (nSPS) is 32.0. The molecule has 3 aliphatic carbocycles. The number of fused-ring (bicyclic) bond motifs is 4. The first-order chi connectivity index (χ1) is 19.9. The van der Waals surface area contributed by atoms with Crippen LogP contribution in [-0.2, 0) is 0 Å². The van der Waals surface area contributed by atoms with Gasteiger partial charge in [-0.05, 0) is 128 Å². The van der Waals surface area contributed by atoms with Crippen LogP contribution in [0, 0.1) is 65.2 Å². The van der Waals surface area contributed by atoms with Gasteiger partial charge in [-0.2, -0.15) is 0 Å². The van der Waals surface area contributed by atoms with E-state index in [9.17, 15) is 0 Å². The fourth-order valence-corrected chi connectivity index (χ4v) is 22.1. The van der Waals surface area contributed by atoms with Crippen molar-refractivity contribution in [2.75, 3.05) is 0 Å². The van der Waals surface area contributed by atoms with Crippen molar-refractivity contribution in [1.82, 2.24) is 0 Å². The van der Waals surface area contributed by atoms with E-state index >= 15 is 0 Å². The summed E-state index contributed by atoms with van der Waals surface area (Å²) < 4.78 is 0. The zero-order chi connectivity index (χ0) is 29.8. The third-order valence-electron chi connectivity index (χ3n) is 12.2. The van der Waals surface area contributed by atoms with Crippen molar-refractivity contribution in [2.24, 2.45) is 23.7 Å². The van der Waals surface area contributed by atoms with E-state index in [0.717, 1.165) is 28.2 Å². The van der Waals surface area contributed by atoms with E-state index in [4.69, 9.17) is 0 Å². The fourth-order valence-electron chi connectivity index (χ4n) is 10.6. The van der Waals surface area contributed by atoms with Crippen LogP contribution >= 0.6 is 34.4 Å². The van der Waals surface area contributed by atoms with Crippen LogP contribution in [0.3, 0.4) is 0 Å². The van der Waals surface area contributed by atoms with Crippen LogP contribution < -0.4 is 0 Å². The molecule has 3 heterocycles. The third kappa shape index (κ3) is 4.17. The Morgan fingerprint density at radius 2 is 1.31 bits per heavy atom. The predicted octanol–water partition coefficient (Wildman–Crippen LogP) is 12.2. The SMILES string of the molecule is Cc1sc(C)c(C2=C(c3c(C)sc(C)c3C)C3CC(C)C([Si](C)(C)C4C(C)CC5c6ccccc6C=CC54)C3S2)c1C. The Kier molecular flexibility index (Phi) is 7.25. The van der Waals surface area contributed by atoms with Crippen molar-refractivity contribution >= 4 is 59.1 Å². The zero-order valence-corrected chi connectivity index (χ0v) is 30.7. The smallest absolute Gasteiger partial charge is 0.0558 e. The summed E-state index contributed by atoms with van der Waals surface area (Å²) in [6.07, 6.45) is 7.86. The summed E-state index contributed by atoms with van der Waals surface area (Å²) in [6, 6.07) is 9.26. The molecule has 0 nitrogen and oxygen atoms in total. The molecule has 4 heteroatoms. The van der Waals surface area contributed by atoms with E-state index in [0.29, 0.717) is 17.8 Å². The Morgan fingerprint density at radius 3 is 1.95 bits per heavy atom. The number of allylic oxidation sites excluding steroid dienone is 2. The molecule has 0 bridgehead atoms. The van der Waals surface area contributed by atoms with E-state index in [-0.39, 0.29) is 0 Å². The van der Waals surface area contributed by atoms with Crippen molar-refractivity contribution in [3.63, 3.8) is 0 Å². The van der Waals surface area contributed by atoms with Gasteiger partial charge in [-0.1, -0.05) is 63.4 Å². The molecule has 1 aliphatic heterocycles. The molecule has 0 spiro atoms. The number of thioether (sulfide) groups is 1. The minimum Gasteiger partial charge on any atom is -0.145 e. The van der Waals surface area contributed by atoms with Crippen LogP contribution in [0.25, 0.3) is 16.6 Å². The fraction of sp³-hybridized carbons (Fsp3) is 0.526. The average Bonchev–Trinajstić information content (AvgIpc) is 3.67. The second-order valence-corrected chi connectivity index (χ2v) is 23.9. The summed E-state index contributed by atoms with van der Waals surface area (Å²) in [4.78, 5) is 7.71. The lowest BCUT2D eigenvalue weighted by atomic mass is 9.81. The highest BCUT2D eigenvalue weighted by atomic mass is 32.2. The quantitative estimate of drug-likeness (QED) is 0.259. The summed E-state index contributed by atoms with van der Waals surface area (Å²) >= 11 is 6.36. The molecule has 42 heavy (non-hydrogen) atoms. The van der Waals surface area contributed by atoms with Gasteiger partial charge in [-0.25, -0.2) is 0 Å². The van der Waals surface area contributed by atoms with Gasteiger partial charge >= 0.3 is 0 Å². The second kappa shape index (κ2) is 10.4. The highest BCUT2D eigenvalue weighted by Crippen LogP contribution is 2.69.